The molecule has 0 saturated heterocycles. The lowest BCUT2D eigenvalue weighted by Crippen LogP contribution is -2.38. The Bertz CT molecular complexity index is 668. The smallest absolute Gasteiger partial charge is 0.315 e. The second kappa shape index (κ2) is 9.20. The molecule has 1 aromatic carbocycles. The fourth-order valence-electron chi connectivity index (χ4n) is 3.27. The van der Waals surface area contributed by atoms with Gasteiger partial charge in [-0.1, -0.05) is 38.3 Å². The largest absolute Gasteiger partial charge is 0.338 e. The molecule has 2 rings (SSSR count). The average molecular weight is 368 g/mol. The highest BCUT2D eigenvalue weighted by Gasteiger charge is 2.20. The van der Waals surface area contributed by atoms with Crippen molar-refractivity contribution in [2.75, 3.05) is 13.6 Å². The fourth-order valence-corrected chi connectivity index (χ4v) is 4.07. The number of carbonyl (C=O) groups is 1. The van der Waals surface area contributed by atoms with Gasteiger partial charge in [0, 0.05) is 13.1 Å². The van der Waals surface area contributed by atoms with Crippen LogP contribution in [0.1, 0.15) is 44.6 Å². The van der Waals surface area contributed by atoms with E-state index in [-0.39, 0.29) is 10.9 Å². The van der Waals surface area contributed by atoms with Crippen LogP contribution in [0.4, 0.5) is 4.79 Å². The second-order valence-electron chi connectivity index (χ2n) is 6.71. The maximum Gasteiger partial charge on any atom is 0.315 e. The second-order valence-corrected chi connectivity index (χ2v) is 8.60. The van der Waals surface area contributed by atoms with Crippen molar-refractivity contribution < 1.29 is 13.2 Å². The van der Waals surface area contributed by atoms with Gasteiger partial charge in [0.1, 0.15) is 0 Å². The number of urea groups is 1. The summed E-state index contributed by atoms with van der Waals surface area (Å²) in [6, 6.07) is 6.35. The summed E-state index contributed by atoms with van der Waals surface area (Å²) in [5, 5.41) is 5.72. The molecule has 0 spiro atoms. The molecule has 1 saturated carbocycles. The van der Waals surface area contributed by atoms with E-state index in [9.17, 15) is 13.2 Å². The third kappa shape index (κ3) is 6.01. The first-order valence-corrected chi connectivity index (χ1v) is 10.5. The molecule has 0 aliphatic heterocycles. The summed E-state index contributed by atoms with van der Waals surface area (Å²) in [7, 11) is -2.09. The topological polar surface area (TPSA) is 87.3 Å². The summed E-state index contributed by atoms with van der Waals surface area (Å²) in [5.74, 6) is 1.42. The van der Waals surface area contributed by atoms with E-state index in [0.717, 1.165) is 11.5 Å². The first kappa shape index (κ1) is 19.7. The molecule has 2 amide bonds. The SMILES string of the molecule is CCC1CCC(CNC(=O)NCc2cccc(S(=O)(=O)NC)c2)CC1. The van der Waals surface area contributed by atoms with Crippen molar-refractivity contribution in [3.63, 3.8) is 0 Å². The van der Waals surface area contributed by atoms with Gasteiger partial charge in [0.15, 0.2) is 0 Å². The van der Waals surface area contributed by atoms with E-state index in [2.05, 4.69) is 22.3 Å². The van der Waals surface area contributed by atoms with Gasteiger partial charge in [-0.2, -0.15) is 0 Å². The molecule has 0 radical (unpaired) electrons. The van der Waals surface area contributed by atoms with Crippen LogP contribution in [0.15, 0.2) is 29.2 Å². The maximum atomic E-state index is 12.0. The van der Waals surface area contributed by atoms with E-state index in [1.807, 2.05) is 0 Å². The molecule has 140 valence electrons. The van der Waals surface area contributed by atoms with Crippen molar-refractivity contribution in [3.8, 4) is 0 Å². The van der Waals surface area contributed by atoms with Gasteiger partial charge in [-0.3, -0.25) is 0 Å². The number of rotatable bonds is 7. The number of sulfonamides is 1. The molecule has 1 fully saturated rings. The average Bonchev–Trinajstić information content (AvgIpc) is 2.65. The Morgan fingerprint density at radius 2 is 1.80 bits per heavy atom. The monoisotopic (exact) mass is 367 g/mol. The van der Waals surface area contributed by atoms with Crippen LogP contribution in [0.5, 0.6) is 0 Å². The summed E-state index contributed by atoms with van der Waals surface area (Å²) in [5.41, 5.74) is 0.745. The fraction of sp³-hybridized carbons (Fsp3) is 0.611. The van der Waals surface area contributed by atoms with Crippen molar-refractivity contribution in [2.24, 2.45) is 11.8 Å². The number of amides is 2. The van der Waals surface area contributed by atoms with Gasteiger partial charge in [0.05, 0.1) is 4.90 Å². The van der Waals surface area contributed by atoms with Crippen LogP contribution in [0.25, 0.3) is 0 Å². The van der Waals surface area contributed by atoms with E-state index in [4.69, 9.17) is 0 Å². The Hall–Kier alpha value is -1.60. The lowest BCUT2D eigenvalue weighted by Gasteiger charge is -2.27. The summed E-state index contributed by atoms with van der Waals surface area (Å²) in [4.78, 5) is 12.2. The highest BCUT2D eigenvalue weighted by atomic mass is 32.2. The first-order chi connectivity index (χ1) is 11.9. The molecule has 6 nitrogen and oxygen atoms in total. The lowest BCUT2D eigenvalue weighted by molar-refractivity contribution is 0.229. The molecule has 7 heteroatoms. The summed E-state index contributed by atoms with van der Waals surface area (Å²) < 4.78 is 25.9. The zero-order valence-electron chi connectivity index (χ0n) is 15.0. The third-order valence-corrected chi connectivity index (χ3v) is 6.44. The molecule has 25 heavy (non-hydrogen) atoms. The van der Waals surface area contributed by atoms with Gasteiger partial charge in [0.2, 0.25) is 10.0 Å². The highest BCUT2D eigenvalue weighted by molar-refractivity contribution is 7.89. The minimum Gasteiger partial charge on any atom is -0.338 e. The number of nitrogens with one attached hydrogen (secondary N) is 3. The summed E-state index contributed by atoms with van der Waals surface area (Å²) >= 11 is 0. The van der Waals surface area contributed by atoms with Crippen LogP contribution in [0, 0.1) is 11.8 Å². The molecular weight excluding hydrogens is 338 g/mol. The lowest BCUT2D eigenvalue weighted by atomic mass is 9.81. The van der Waals surface area contributed by atoms with Crippen molar-refractivity contribution >= 4 is 16.1 Å². The Morgan fingerprint density at radius 1 is 1.12 bits per heavy atom. The quantitative estimate of drug-likeness (QED) is 0.692. The van der Waals surface area contributed by atoms with E-state index >= 15 is 0 Å². The van der Waals surface area contributed by atoms with Gasteiger partial charge in [-0.05, 0) is 49.4 Å². The van der Waals surface area contributed by atoms with E-state index in [0.29, 0.717) is 19.0 Å². The molecule has 1 aliphatic rings. The Balaban J connectivity index is 1.76. The molecule has 0 bridgehead atoms. The Kier molecular flexibility index (Phi) is 7.25. The van der Waals surface area contributed by atoms with Crippen LogP contribution in [0.3, 0.4) is 0 Å². The standard InChI is InChI=1S/C18H29N3O3S/c1-3-14-7-9-15(10-8-14)12-20-18(22)21-13-16-5-4-6-17(11-16)25(23,24)19-2/h4-6,11,14-15,19H,3,7-10,12-13H2,1-2H3,(H2,20,21,22). The molecule has 1 aliphatic carbocycles. The van der Waals surface area contributed by atoms with Crippen LogP contribution in [-0.2, 0) is 16.6 Å². The van der Waals surface area contributed by atoms with Gasteiger partial charge in [-0.25, -0.2) is 17.9 Å². The van der Waals surface area contributed by atoms with Crippen LogP contribution in [0.2, 0.25) is 0 Å². The van der Waals surface area contributed by atoms with Gasteiger partial charge >= 0.3 is 6.03 Å². The van der Waals surface area contributed by atoms with Gasteiger partial charge < -0.3 is 10.6 Å². The zero-order valence-corrected chi connectivity index (χ0v) is 15.9. The van der Waals surface area contributed by atoms with Crippen molar-refractivity contribution in [2.45, 2.75) is 50.5 Å². The maximum absolute atomic E-state index is 12.0. The van der Waals surface area contributed by atoms with Gasteiger partial charge in [-0.15, -0.1) is 0 Å². The number of hydrogen-bond acceptors (Lipinski definition) is 3. The van der Waals surface area contributed by atoms with Crippen LogP contribution >= 0.6 is 0 Å². The predicted octanol–water partition coefficient (Wildman–Crippen LogP) is 2.61. The van der Waals surface area contributed by atoms with E-state index < -0.39 is 10.0 Å². The third-order valence-electron chi connectivity index (χ3n) is 5.03. The molecule has 3 N–H and O–H groups in total. The van der Waals surface area contributed by atoms with Gasteiger partial charge in [0.25, 0.3) is 0 Å². The highest BCUT2D eigenvalue weighted by Crippen LogP contribution is 2.30. The molecule has 0 aromatic heterocycles. The predicted molar refractivity (Wildman–Crippen MR) is 98.7 cm³/mol. The number of carbonyl (C=O) groups excluding carboxylic acids is 1. The van der Waals surface area contributed by atoms with Crippen LogP contribution < -0.4 is 15.4 Å². The van der Waals surface area contributed by atoms with Crippen molar-refractivity contribution in [3.05, 3.63) is 29.8 Å². The molecule has 0 atom stereocenters. The molecular formula is C18H29N3O3S. The molecule has 0 unspecified atom stereocenters. The number of benzene rings is 1. The summed E-state index contributed by atoms with van der Waals surface area (Å²) in [6.07, 6.45) is 6.14. The molecule has 1 aromatic rings. The Morgan fingerprint density at radius 3 is 2.44 bits per heavy atom. The van der Waals surface area contributed by atoms with E-state index in [1.54, 1.807) is 18.2 Å². The minimum absolute atomic E-state index is 0.197. The zero-order chi connectivity index (χ0) is 18.3. The van der Waals surface area contributed by atoms with E-state index in [1.165, 1.54) is 45.2 Å². The van der Waals surface area contributed by atoms with Crippen LogP contribution in [-0.4, -0.2) is 28.0 Å². The normalized spacial score (nSPS) is 20.9. The number of hydrogen-bond donors (Lipinski definition) is 3. The van der Waals surface area contributed by atoms with Crippen molar-refractivity contribution in [1.29, 1.82) is 0 Å². The van der Waals surface area contributed by atoms with Crippen molar-refractivity contribution in [1.82, 2.24) is 15.4 Å². The molecule has 0 heterocycles. The minimum atomic E-state index is -3.47. The summed E-state index contributed by atoms with van der Waals surface area (Å²) in [6.45, 7) is 3.24. The Labute approximate surface area is 150 Å². The first-order valence-electron chi connectivity index (χ1n) is 8.98.